The molecule has 2 aromatic rings. The summed E-state index contributed by atoms with van der Waals surface area (Å²) in [7, 11) is -2.21. The van der Waals surface area contributed by atoms with E-state index in [0.29, 0.717) is 11.4 Å². The van der Waals surface area contributed by atoms with E-state index in [2.05, 4.69) is 5.32 Å². The number of hydrogen-bond donors (Lipinski definition) is 1. The van der Waals surface area contributed by atoms with E-state index in [-0.39, 0.29) is 18.5 Å². The Balaban J connectivity index is 1.92. The molecule has 3 rings (SSSR count). The number of carbonyl (C=O) groups is 2. The number of nitrogens with zero attached hydrogens (tertiary/aromatic N) is 2. The number of aryl methyl sites for hydroxylation is 2. The zero-order valence-electron chi connectivity index (χ0n) is 21.8. The maximum absolute atomic E-state index is 13.7. The van der Waals surface area contributed by atoms with Crippen LogP contribution in [0, 0.1) is 13.8 Å². The molecule has 9 heteroatoms. The molecule has 0 aromatic heterocycles. The standard InChI is InChI=1S/C27H37N3O5S/c1-19-13-14-20(2)25(15-19)30(36(5,33)34)18-26(31)29(17-22-9-8-12-24(16-22)35-4)21(3)27(32)28-23-10-6-7-11-23/h8-9,12-16,21,23H,6-7,10-11,17-18H2,1-5H3,(H,28,32)/t21-/m1/s1. The van der Waals surface area contributed by atoms with Crippen molar-refractivity contribution < 1.29 is 22.7 Å². The van der Waals surface area contributed by atoms with E-state index < -0.39 is 28.5 Å². The van der Waals surface area contributed by atoms with Gasteiger partial charge in [0, 0.05) is 12.6 Å². The largest absolute Gasteiger partial charge is 0.497 e. The molecule has 0 bridgehead atoms. The highest BCUT2D eigenvalue weighted by Crippen LogP contribution is 2.25. The highest BCUT2D eigenvalue weighted by Gasteiger charge is 2.31. The van der Waals surface area contributed by atoms with Crippen LogP contribution in [0.4, 0.5) is 5.69 Å². The minimum Gasteiger partial charge on any atom is -0.497 e. The molecule has 8 nitrogen and oxygen atoms in total. The maximum atomic E-state index is 13.7. The second kappa shape index (κ2) is 11.8. The van der Waals surface area contributed by atoms with Crippen LogP contribution < -0.4 is 14.4 Å². The summed E-state index contributed by atoms with van der Waals surface area (Å²) in [5.41, 5.74) is 2.86. The summed E-state index contributed by atoms with van der Waals surface area (Å²) in [6, 6.07) is 12.1. The first-order valence-corrected chi connectivity index (χ1v) is 14.1. The fraction of sp³-hybridized carbons (Fsp3) is 0.481. The van der Waals surface area contributed by atoms with Gasteiger partial charge in [0.15, 0.2) is 0 Å². The summed E-state index contributed by atoms with van der Waals surface area (Å²) < 4.78 is 32.0. The van der Waals surface area contributed by atoms with Gasteiger partial charge < -0.3 is 15.0 Å². The van der Waals surface area contributed by atoms with E-state index >= 15 is 0 Å². The quantitative estimate of drug-likeness (QED) is 0.522. The van der Waals surface area contributed by atoms with Crippen LogP contribution in [0.25, 0.3) is 0 Å². The number of hydrogen-bond acceptors (Lipinski definition) is 5. The number of anilines is 1. The third kappa shape index (κ3) is 7.00. The van der Waals surface area contributed by atoms with E-state index in [0.717, 1.165) is 52.9 Å². The molecular formula is C27H37N3O5S. The fourth-order valence-corrected chi connectivity index (χ4v) is 5.42. The van der Waals surface area contributed by atoms with E-state index in [9.17, 15) is 18.0 Å². The number of methoxy groups -OCH3 is 1. The number of ether oxygens (including phenoxy) is 1. The van der Waals surface area contributed by atoms with Crippen LogP contribution >= 0.6 is 0 Å². The summed E-state index contributed by atoms with van der Waals surface area (Å²) in [6.07, 6.45) is 5.09. The van der Waals surface area contributed by atoms with E-state index in [1.807, 2.05) is 38.1 Å². The predicted octanol–water partition coefficient (Wildman–Crippen LogP) is 3.55. The Morgan fingerprint density at radius 2 is 1.81 bits per heavy atom. The van der Waals surface area contributed by atoms with Gasteiger partial charge in [0.25, 0.3) is 0 Å². The molecular weight excluding hydrogens is 478 g/mol. The van der Waals surface area contributed by atoms with Crippen LogP contribution in [0.3, 0.4) is 0 Å². The molecule has 1 atom stereocenters. The zero-order chi connectivity index (χ0) is 26.5. The van der Waals surface area contributed by atoms with Gasteiger partial charge >= 0.3 is 0 Å². The molecule has 0 aliphatic heterocycles. The van der Waals surface area contributed by atoms with Crippen LogP contribution in [-0.2, 0) is 26.2 Å². The number of sulfonamides is 1. The maximum Gasteiger partial charge on any atom is 0.244 e. The molecule has 196 valence electrons. The molecule has 0 unspecified atom stereocenters. The molecule has 0 spiro atoms. The second-order valence-corrected chi connectivity index (χ2v) is 11.5. The van der Waals surface area contributed by atoms with Crippen molar-refractivity contribution in [3.8, 4) is 5.75 Å². The van der Waals surface area contributed by atoms with Crippen molar-refractivity contribution in [3.63, 3.8) is 0 Å². The van der Waals surface area contributed by atoms with Gasteiger partial charge in [0.1, 0.15) is 18.3 Å². The molecule has 1 aliphatic carbocycles. The Morgan fingerprint density at radius 3 is 2.44 bits per heavy atom. The summed E-state index contributed by atoms with van der Waals surface area (Å²) in [5.74, 6) is -0.0647. The molecule has 1 fully saturated rings. The number of rotatable bonds is 10. The average Bonchev–Trinajstić information content (AvgIpc) is 3.34. The fourth-order valence-electron chi connectivity index (χ4n) is 4.52. The summed E-state index contributed by atoms with van der Waals surface area (Å²) in [4.78, 5) is 28.3. The van der Waals surface area contributed by atoms with Gasteiger partial charge in [-0.25, -0.2) is 8.42 Å². The van der Waals surface area contributed by atoms with Crippen molar-refractivity contribution in [2.24, 2.45) is 0 Å². The molecule has 0 radical (unpaired) electrons. The summed E-state index contributed by atoms with van der Waals surface area (Å²) in [5, 5.41) is 3.06. The van der Waals surface area contributed by atoms with E-state index in [4.69, 9.17) is 4.74 Å². The zero-order valence-corrected chi connectivity index (χ0v) is 22.6. The predicted molar refractivity (Wildman–Crippen MR) is 142 cm³/mol. The van der Waals surface area contributed by atoms with E-state index in [1.54, 1.807) is 32.2 Å². The van der Waals surface area contributed by atoms with Crippen molar-refractivity contribution in [3.05, 3.63) is 59.2 Å². The van der Waals surface area contributed by atoms with Gasteiger partial charge in [0.05, 0.1) is 19.1 Å². The highest BCUT2D eigenvalue weighted by atomic mass is 32.2. The van der Waals surface area contributed by atoms with Crippen LogP contribution in [0.15, 0.2) is 42.5 Å². The Kier molecular flexibility index (Phi) is 9.00. The molecule has 2 aromatic carbocycles. The first-order valence-electron chi connectivity index (χ1n) is 12.3. The first-order chi connectivity index (χ1) is 17.0. The average molecular weight is 516 g/mol. The minimum atomic E-state index is -3.77. The smallest absolute Gasteiger partial charge is 0.244 e. The Morgan fingerprint density at radius 1 is 1.11 bits per heavy atom. The van der Waals surface area contributed by atoms with Crippen molar-refractivity contribution >= 4 is 27.5 Å². The van der Waals surface area contributed by atoms with Crippen molar-refractivity contribution in [1.29, 1.82) is 0 Å². The lowest BCUT2D eigenvalue weighted by atomic mass is 10.1. The van der Waals surface area contributed by atoms with Gasteiger partial charge in [-0.1, -0.05) is 37.1 Å². The van der Waals surface area contributed by atoms with Crippen LogP contribution in [0.2, 0.25) is 0 Å². The van der Waals surface area contributed by atoms with Gasteiger partial charge in [-0.3, -0.25) is 13.9 Å². The molecule has 1 N–H and O–H groups in total. The molecule has 0 saturated heterocycles. The third-order valence-corrected chi connectivity index (χ3v) is 7.79. The Labute approximate surface area is 214 Å². The molecule has 0 heterocycles. The number of amides is 2. The normalized spacial score (nSPS) is 14.8. The monoisotopic (exact) mass is 515 g/mol. The molecule has 2 amide bonds. The lowest BCUT2D eigenvalue weighted by Crippen LogP contribution is -2.52. The van der Waals surface area contributed by atoms with Gasteiger partial charge in [-0.05, 0) is 68.5 Å². The van der Waals surface area contributed by atoms with Gasteiger partial charge in [-0.2, -0.15) is 0 Å². The van der Waals surface area contributed by atoms with Gasteiger partial charge in [0.2, 0.25) is 21.8 Å². The van der Waals surface area contributed by atoms with Crippen molar-refractivity contribution in [2.45, 2.75) is 65.1 Å². The third-order valence-electron chi connectivity index (χ3n) is 6.67. The Hall–Kier alpha value is -3.07. The van der Waals surface area contributed by atoms with Crippen LogP contribution in [0.5, 0.6) is 5.75 Å². The van der Waals surface area contributed by atoms with Gasteiger partial charge in [-0.15, -0.1) is 0 Å². The number of carbonyl (C=O) groups excluding carboxylic acids is 2. The van der Waals surface area contributed by atoms with Crippen molar-refractivity contribution in [1.82, 2.24) is 10.2 Å². The SMILES string of the molecule is COc1cccc(CN(C(=O)CN(c2cc(C)ccc2C)S(C)(=O)=O)[C@H](C)C(=O)NC2CCCC2)c1. The molecule has 1 saturated carbocycles. The molecule has 1 aliphatic rings. The van der Waals surface area contributed by atoms with Crippen LogP contribution in [-0.4, -0.2) is 57.1 Å². The first kappa shape index (κ1) is 27.5. The second-order valence-electron chi connectivity index (χ2n) is 9.60. The van der Waals surface area contributed by atoms with Crippen molar-refractivity contribution in [2.75, 3.05) is 24.2 Å². The lowest BCUT2D eigenvalue weighted by Gasteiger charge is -2.32. The topological polar surface area (TPSA) is 96.0 Å². The molecule has 36 heavy (non-hydrogen) atoms. The number of nitrogens with one attached hydrogen (secondary N) is 1. The highest BCUT2D eigenvalue weighted by molar-refractivity contribution is 7.92. The number of benzene rings is 2. The Bertz CT molecular complexity index is 1190. The summed E-state index contributed by atoms with van der Waals surface area (Å²) >= 11 is 0. The van der Waals surface area contributed by atoms with E-state index in [1.165, 1.54) is 4.90 Å². The minimum absolute atomic E-state index is 0.108. The summed E-state index contributed by atoms with van der Waals surface area (Å²) in [6.45, 7) is 5.09. The van der Waals surface area contributed by atoms with Crippen LogP contribution in [0.1, 0.15) is 49.3 Å². The lowest BCUT2D eigenvalue weighted by molar-refractivity contribution is -0.139.